The third-order valence-electron chi connectivity index (χ3n) is 2.88. The molecule has 0 atom stereocenters. The van der Waals surface area contributed by atoms with Crippen molar-refractivity contribution in [3.05, 3.63) is 63.6 Å². The van der Waals surface area contributed by atoms with Crippen molar-refractivity contribution < 1.29 is 4.79 Å². The van der Waals surface area contributed by atoms with Gasteiger partial charge < -0.3 is 11.1 Å². The normalized spacial score (nSPS) is 10.2. The molecule has 0 radical (unpaired) electrons. The maximum atomic E-state index is 11.1. The topological polar surface area (TPSA) is 55.1 Å². The average molecular weight is 319 g/mol. The molecule has 0 fully saturated rings. The molecular formula is C15H15BrN2O. The zero-order valence-electron chi connectivity index (χ0n) is 10.6. The van der Waals surface area contributed by atoms with Crippen molar-refractivity contribution in [3.63, 3.8) is 0 Å². The standard InChI is InChI=1S/C15H15BrN2O/c1-10-7-12(15(17)19)5-6-14(10)18-9-11-3-2-4-13(16)8-11/h2-8,18H,9H2,1H3,(H2,17,19). The molecule has 0 heterocycles. The molecule has 0 saturated heterocycles. The van der Waals surface area contributed by atoms with Crippen LogP contribution in [-0.2, 0) is 6.54 Å². The van der Waals surface area contributed by atoms with Crippen LogP contribution in [0.5, 0.6) is 0 Å². The molecular weight excluding hydrogens is 304 g/mol. The summed E-state index contributed by atoms with van der Waals surface area (Å²) in [7, 11) is 0. The van der Waals surface area contributed by atoms with Crippen molar-refractivity contribution in [1.29, 1.82) is 0 Å². The molecule has 1 amide bonds. The fourth-order valence-electron chi connectivity index (χ4n) is 1.86. The molecule has 0 saturated carbocycles. The number of anilines is 1. The summed E-state index contributed by atoms with van der Waals surface area (Å²) in [4.78, 5) is 11.1. The number of aryl methyl sites for hydroxylation is 1. The van der Waals surface area contributed by atoms with Crippen molar-refractivity contribution in [2.75, 3.05) is 5.32 Å². The third-order valence-corrected chi connectivity index (χ3v) is 3.38. The number of hydrogen-bond donors (Lipinski definition) is 2. The van der Waals surface area contributed by atoms with Gasteiger partial charge in [-0.1, -0.05) is 28.1 Å². The molecule has 3 nitrogen and oxygen atoms in total. The number of primary amides is 1. The van der Waals surface area contributed by atoms with Crippen molar-refractivity contribution in [1.82, 2.24) is 0 Å². The third kappa shape index (κ3) is 3.58. The van der Waals surface area contributed by atoms with Gasteiger partial charge in [-0.15, -0.1) is 0 Å². The van der Waals surface area contributed by atoms with Crippen LogP contribution < -0.4 is 11.1 Å². The Balaban J connectivity index is 2.10. The van der Waals surface area contributed by atoms with Crippen LogP contribution >= 0.6 is 15.9 Å². The van der Waals surface area contributed by atoms with E-state index in [0.29, 0.717) is 5.56 Å². The van der Waals surface area contributed by atoms with Gasteiger partial charge in [0, 0.05) is 22.3 Å². The predicted molar refractivity (Wildman–Crippen MR) is 81.2 cm³/mol. The zero-order chi connectivity index (χ0) is 13.8. The Labute approximate surface area is 121 Å². The van der Waals surface area contributed by atoms with Crippen molar-refractivity contribution in [2.24, 2.45) is 5.73 Å². The minimum absolute atomic E-state index is 0.401. The van der Waals surface area contributed by atoms with E-state index in [9.17, 15) is 4.79 Å². The first-order valence-corrected chi connectivity index (χ1v) is 6.74. The fraction of sp³-hybridized carbons (Fsp3) is 0.133. The molecule has 2 aromatic rings. The Hall–Kier alpha value is -1.81. The molecule has 19 heavy (non-hydrogen) atoms. The SMILES string of the molecule is Cc1cc(C(N)=O)ccc1NCc1cccc(Br)c1. The van der Waals surface area contributed by atoms with E-state index < -0.39 is 5.91 Å². The van der Waals surface area contributed by atoms with Gasteiger partial charge in [0.25, 0.3) is 0 Å². The van der Waals surface area contributed by atoms with Crippen LogP contribution in [0.4, 0.5) is 5.69 Å². The highest BCUT2D eigenvalue weighted by molar-refractivity contribution is 9.10. The summed E-state index contributed by atoms with van der Waals surface area (Å²) in [5.74, 6) is -0.401. The summed E-state index contributed by atoms with van der Waals surface area (Å²) in [6.45, 7) is 2.69. The van der Waals surface area contributed by atoms with Crippen LogP contribution in [0.1, 0.15) is 21.5 Å². The Morgan fingerprint density at radius 3 is 2.68 bits per heavy atom. The van der Waals surface area contributed by atoms with Crippen LogP contribution in [0, 0.1) is 6.92 Å². The van der Waals surface area contributed by atoms with E-state index in [4.69, 9.17) is 5.73 Å². The molecule has 4 heteroatoms. The highest BCUT2D eigenvalue weighted by atomic mass is 79.9. The van der Waals surface area contributed by atoms with Gasteiger partial charge in [0.1, 0.15) is 0 Å². The highest BCUT2D eigenvalue weighted by Crippen LogP contribution is 2.18. The van der Waals surface area contributed by atoms with Gasteiger partial charge in [0.2, 0.25) is 5.91 Å². The van der Waals surface area contributed by atoms with Gasteiger partial charge >= 0.3 is 0 Å². The van der Waals surface area contributed by atoms with Crippen molar-refractivity contribution in [3.8, 4) is 0 Å². The summed E-state index contributed by atoms with van der Waals surface area (Å²) in [6, 6.07) is 13.5. The number of nitrogens with two attached hydrogens (primary N) is 1. The maximum absolute atomic E-state index is 11.1. The smallest absolute Gasteiger partial charge is 0.248 e. The van der Waals surface area contributed by atoms with Gasteiger partial charge in [-0.05, 0) is 48.4 Å². The van der Waals surface area contributed by atoms with E-state index in [1.165, 1.54) is 5.56 Å². The molecule has 0 aliphatic rings. The van der Waals surface area contributed by atoms with E-state index in [-0.39, 0.29) is 0 Å². The van der Waals surface area contributed by atoms with Gasteiger partial charge in [0.15, 0.2) is 0 Å². The Bertz CT molecular complexity index is 611. The molecule has 0 aliphatic heterocycles. The van der Waals surface area contributed by atoms with Crippen LogP contribution in [0.3, 0.4) is 0 Å². The maximum Gasteiger partial charge on any atom is 0.248 e. The predicted octanol–water partition coefficient (Wildman–Crippen LogP) is 3.47. The molecule has 0 aliphatic carbocycles. The first-order chi connectivity index (χ1) is 9.06. The van der Waals surface area contributed by atoms with E-state index in [0.717, 1.165) is 22.3 Å². The lowest BCUT2D eigenvalue weighted by atomic mass is 10.1. The highest BCUT2D eigenvalue weighted by Gasteiger charge is 2.04. The lowest BCUT2D eigenvalue weighted by Crippen LogP contribution is -2.11. The van der Waals surface area contributed by atoms with Crippen LogP contribution in [-0.4, -0.2) is 5.91 Å². The van der Waals surface area contributed by atoms with Crippen LogP contribution in [0.15, 0.2) is 46.9 Å². The largest absolute Gasteiger partial charge is 0.381 e. The number of hydrogen-bond acceptors (Lipinski definition) is 2. The quantitative estimate of drug-likeness (QED) is 0.906. The van der Waals surface area contributed by atoms with Crippen LogP contribution in [0.25, 0.3) is 0 Å². The van der Waals surface area contributed by atoms with Crippen molar-refractivity contribution >= 4 is 27.5 Å². The molecule has 0 aromatic heterocycles. The van der Waals surface area contributed by atoms with Gasteiger partial charge in [-0.2, -0.15) is 0 Å². The molecule has 0 spiro atoms. The molecule has 2 aromatic carbocycles. The number of amides is 1. The average Bonchev–Trinajstić information content (AvgIpc) is 2.37. The first-order valence-electron chi connectivity index (χ1n) is 5.95. The minimum atomic E-state index is -0.401. The second-order valence-electron chi connectivity index (χ2n) is 4.38. The van der Waals surface area contributed by atoms with E-state index >= 15 is 0 Å². The summed E-state index contributed by atoms with van der Waals surface area (Å²) < 4.78 is 1.06. The van der Waals surface area contributed by atoms with Crippen LogP contribution in [0.2, 0.25) is 0 Å². The lowest BCUT2D eigenvalue weighted by molar-refractivity contribution is 0.1000. The second kappa shape index (κ2) is 5.89. The number of nitrogens with one attached hydrogen (secondary N) is 1. The zero-order valence-corrected chi connectivity index (χ0v) is 12.2. The van der Waals surface area contributed by atoms with E-state index in [1.807, 2.05) is 25.1 Å². The molecule has 0 bridgehead atoms. The molecule has 0 unspecified atom stereocenters. The van der Waals surface area contributed by atoms with E-state index in [1.54, 1.807) is 12.1 Å². The number of carbonyl (C=O) groups excluding carboxylic acids is 1. The Morgan fingerprint density at radius 2 is 2.05 bits per heavy atom. The van der Waals surface area contributed by atoms with E-state index in [2.05, 4.69) is 33.4 Å². The van der Waals surface area contributed by atoms with Crippen molar-refractivity contribution in [2.45, 2.75) is 13.5 Å². The summed E-state index contributed by atoms with van der Waals surface area (Å²) >= 11 is 3.45. The number of rotatable bonds is 4. The molecule has 98 valence electrons. The minimum Gasteiger partial charge on any atom is -0.381 e. The Kier molecular flexibility index (Phi) is 4.22. The monoisotopic (exact) mass is 318 g/mol. The molecule has 3 N–H and O–H groups in total. The van der Waals surface area contributed by atoms with Gasteiger partial charge in [-0.25, -0.2) is 0 Å². The Morgan fingerprint density at radius 1 is 1.26 bits per heavy atom. The van der Waals surface area contributed by atoms with Gasteiger partial charge in [0.05, 0.1) is 0 Å². The number of halogens is 1. The summed E-state index contributed by atoms with van der Waals surface area (Å²) in [5, 5.41) is 3.35. The number of carbonyl (C=O) groups is 1. The fourth-order valence-corrected chi connectivity index (χ4v) is 2.31. The summed E-state index contributed by atoms with van der Waals surface area (Å²) in [6.07, 6.45) is 0. The van der Waals surface area contributed by atoms with Gasteiger partial charge in [-0.3, -0.25) is 4.79 Å². The molecule has 2 rings (SSSR count). The second-order valence-corrected chi connectivity index (χ2v) is 5.29. The lowest BCUT2D eigenvalue weighted by Gasteiger charge is -2.10. The summed E-state index contributed by atoms with van der Waals surface area (Å²) in [5.41, 5.74) is 8.98. The first kappa shape index (κ1) is 13.6. The number of benzene rings is 2.